The molecular weight excluding hydrogens is 342 g/mol. The molecule has 2 fully saturated rings. The molecule has 8 heteroatoms. The van der Waals surface area contributed by atoms with Gasteiger partial charge in [0, 0.05) is 25.3 Å². The molecule has 1 saturated heterocycles. The van der Waals surface area contributed by atoms with Crippen LogP contribution in [0.2, 0.25) is 0 Å². The van der Waals surface area contributed by atoms with E-state index in [-0.39, 0.29) is 25.1 Å². The minimum atomic E-state index is -3.40. The molecule has 1 aromatic heterocycles. The molecule has 7 nitrogen and oxygen atoms in total. The first-order chi connectivity index (χ1) is 12.0. The second-order valence-corrected chi connectivity index (χ2v) is 8.72. The van der Waals surface area contributed by atoms with Gasteiger partial charge < -0.3 is 9.64 Å². The molecule has 3 rings (SSSR count). The Kier molecular flexibility index (Phi) is 5.90. The summed E-state index contributed by atoms with van der Waals surface area (Å²) in [5, 5.41) is -0.538. The summed E-state index contributed by atoms with van der Waals surface area (Å²) in [5.41, 5.74) is 0. The number of ether oxygens (including phenoxy) is 1. The fourth-order valence-electron chi connectivity index (χ4n) is 3.46. The largest absolute Gasteiger partial charge is 0.482 e. The van der Waals surface area contributed by atoms with E-state index >= 15 is 0 Å². The lowest BCUT2D eigenvalue weighted by molar-refractivity contribution is -0.134. The van der Waals surface area contributed by atoms with Crippen LogP contribution < -0.4 is 9.46 Å². The van der Waals surface area contributed by atoms with E-state index in [9.17, 15) is 13.2 Å². The zero-order chi connectivity index (χ0) is 17.7. The fourth-order valence-corrected chi connectivity index (χ4v) is 5.20. The number of piperidine rings is 1. The van der Waals surface area contributed by atoms with Crippen LogP contribution in [-0.4, -0.2) is 55.2 Å². The molecule has 0 radical (unpaired) electrons. The van der Waals surface area contributed by atoms with Crippen molar-refractivity contribution in [1.82, 2.24) is 14.6 Å². The molecule has 1 aliphatic heterocycles. The average Bonchev–Trinajstić information content (AvgIpc) is 3.13. The Morgan fingerprint density at radius 3 is 2.80 bits per heavy atom. The molecule has 1 N–H and O–H groups in total. The fraction of sp³-hybridized carbons (Fsp3) is 0.647. The van der Waals surface area contributed by atoms with Gasteiger partial charge in [0.15, 0.2) is 6.61 Å². The van der Waals surface area contributed by atoms with Gasteiger partial charge in [0.25, 0.3) is 5.91 Å². The van der Waals surface area contributed by atoms with Gasteiger partial charge in [0.2, 0.25) is 10.0 Å². The monoisotopic (exact) mass is 367 g/mol. The zero-order valence-electron chi connectivity index (χ0n) is 14.3. The van der Waals surface area contributed by atoms with Crippen LogP contribution in [-0.2, 0) is 14.8 Å². The number of likely N-dealkylation sites (tertiary alicyclic amines) is 1. The van der Waals surface area contributed by atoms with Gasteiger partial charge >= 0.3 is 0 Å². The number of carbonyl (C=O) groups is 1. The number of amides is 1. The van der Waals surface area contributed by atoms with E-state index in [1.807, 2.05) is 0 Å². The zero-order valence-corrected chi connectivity index (χ0v) is 15.1. The van der Waals surface area contributed by atoms with Gasteiger partial charge in [-0.15, -0.1) is 0 Å². The first-order valence-corrected chi connectivity index (χ1v) is 10.4. The first-order valence-electron chi connectivity index (χ1n) is 8.86. The second kappa shape index (κ2) is 8.14. The van der Waals surface area contributed by atoms with Crippen molar-refractivity contribution >= 4 is 15.9 Å². The van der Waals surface area contributed by atoms with Gasteiger partial charge in [0.1, 0.15) is 5.75 Å². The molecule has 1 aromatic rings. The summed E-state index contributed by atoms with van der Waals surface area (Å²) in [6.07, 6.45) is 8.43. The molecular formula is C17H25N3O4S. The molecule has 2 heterocycles. The van der Waals surface area contributed by atoms with E-state index in [4.69, 9.17) is 4.74 Å². The lowest BCUT2D eigenvalue weighted by atomic mass is 10.1. The number of hydrogen-bond donors (Lipinski definition) is 1. The summed E-state index contributed by atoms with van der Waals surface area (Å²) in [7, 11) is -3.40. The summed E-state index contributed by atoms with van der Waals surface area (Å²) in [4.78, 5) is 17.9. The van der Waals surface area contributed by atoms with Crippen molar-refractivity contribution in [3.8, 4) is 5.75 Å². The summed E-state index contributed by atoms with van der Waals surface area (Å²) < 4.78 is 33.5. The van der Waals surface area contributed by atoms with Crippen molar-refractivity contribution in [1.29, 1.82) is 0 Å². The van der Waals surface area contributed by atoms with E-state index < -0.39 is 15.3 Å². The van der Waals surface area contributed by atoms with Gasteiger partial charge in [-0.1, -0.05) is 12.8 Å². The molecule has 0 unspecified atom stereocenters. The Morgan fingerprint density at radius 1 is 1.28 bits per heavy atom. The normalized spacial score (nSPS) is 22.1. The number of rotatable bonds is 6. The van der Waals surface area contributed by atoms with Crippen LogP contribution in [0.25, 0.3) is 0 Å². The number of nitrogens with zero attached hydrogens (tertiary/aromatic N) is 2. The third-order valence-corrected chi connectivity index (χ3v) is 6.78. The van der Waals surface area contributed by atoms with Gasteiger partial charge in [0.05, 0.1) is 11.4 Å². The molecule has 0 aromatic carbocycles. The molecule has 2 aliphatic rings. The highest BCUT2D eigenvalue weighted by atomic mass is 32.2. The van der Waals surface area contributed by atoms with Crippen molar-refractivity contribution < 1.29 is 17.9 Å². The molecule has 1 aliphatic carbocycles. The summed E-state index contributed by atoms with van der Waals surface area (Å²) in [6.45, 7) is 0.705. The van der Waals surface area contributed by atoms with Gasteiger partial charge in [-0.05, 0) is 37.8 Å². The number of nitrogens with one attached hydrogen (secondary N) is 1. The SMILES string of the molecule is O=C(COc1cccnc1)N1CCC[C@H](S(=O)(=O)NC2CCCC2)C1. The lowest BCUT2D eigenvalue weighted by Crippen LogP contribution is -2.50. The summed E-state index contributed by atoms with van der Waals surface area (Å²) in [6, 6.07) is 3.53. The molecule has 25 heavy (non-hydrogen) atoms. The molecule has 138 valence electrons. The maximum absolute atomic E-state index is 12.6. The Hall–Kier alpha value is -1.67. The Labute approximate surface area is 148 Å². The summed E-state index contributed by atoms with van der Waals surface area (Å²) in [5.74, 6) is 0.338. The number of carbonyl (C=O) groups excluding carboxylic acids is 1. The second-order valence-electron chi connectivity index (χ2n) is 6.73. The Morgan fingerprint density at radius 2 is 2.08 bits per heavy atom. The van der Waals surface area contributed by atoms with Crippen LogP contribution in [0.3, 0.4) is 0 Å². The van der Waals surface area contributed by atoms with Crippen LogP contribution in [0.1, 0.15) is 38.5 Å². The highest BCUT2D eigenvalue weighted by molar-refractivity contribution is 7.90. The van der Waals surface area contributed by atoms with Gasteiger partial charge in [-0.2, -0.15) is 0 Å². The van der Waals surface area contributed by atoms with Gasteiger partial charge in [-0.25, -0.2) is 13.1 Å². The third kappa shape index (κ3) is 4.92. The molecule has 1 amide bonds. The van der Waals surface area contributed by atoms with E-state index in [1.165, 1.54) is 0 Å². The standard InChI is InChI=1S/C17H25N3O4S/c21-17(13-24-15-7-3-9-18-11-15)20-10-4-8-16(12-20)25(22,23)19-14-5-1-2-6-14/h3,7,9,11,14,16,19H,1-2,4-6,8,10,12-13H2/t16-/m0/s1. The Bertz CT molecular complexity index is 674. The lowest BCUT2D eigenvalue weighted by Gasteiger charge is -2.33. The van der Waals surface area contributed by atoms with E-state index in [0.29, 0.717) is 25.1 Å². The van der Waals surface area contributed by atoms with Crippen LogP contribution in [0.4, 0.5) is 0 Å². The number of sulfonamides is 1. The van der Waals surface area contributed by atoms with E-state index in [2.05, 4.69) is 9.71 Å². The minimum Gasteiger partial charge on any atom is -0.482 e. The molecule has 0 spiro atoms. The van der Waals surface area contributed by atoms with Crippen LogP contribution >= 0.6 is 0 Å². The third-order valence-electron chi connectivity index (χ3n) is 4.85. The highest BCUT2D eigenvalue weighted by Gasteiger charge is 2.34. The predicted molar refractivity (Wildman–Crippen MR) is 93.6 cm³/mol. The van der Waals surface area contributed by atoms with Crippen molar-refractivity contribution in [3.63, 3.8) is 0 Å². The van der Waals surface area contributed by atoms with Crippen molar-refractivity contribution in [2.45, 2.75) is 49.8 Å². The van der Waals surface area contributed by atoms with E-state index in [0.717, 1.165) is 25.7 Å². The quantitative estimate of drug-likeness (QED) is 0.819. The van der Waals surface area contributed by atoms with Crippen molar-refractivity contribution in [3.05, 3.63) is 24.5 Å². The number of hydrogen-bond acceptors (Lipinski definition) is 5. The minimum absolute atomic E-state index is 0.0602. The van der Waals surface area contributed by atoms with Crippen molar-refractivity contribution in [2.75, 3.05) is 19.7 Å². The maximum atomic E-state index is 12.6. The van der Waals surface area contributed by atoms with Crippen LogP contribution in [0, 0.1) is 0 Å². The smallest absolute Gasteiger partial charge is 0.260 e. The predicted octanol–water partition coefficient (Wildman–Crippen LogP) is 1.31. The number of aromatic nitrogens is 1. The van der Waals surface area contributed by atoms with Crippen LogP contribution in [0.5, 0.6) is 5.75 Å². The maximum Gasteiger partial charge on any atom is 0.260 e. The first kappa shape index (κ1) is 18.1. The van der Waals surface area contributed by atoms with E-state index in [1.54, 1.807) is 29.4 Å². The number of pyridine rings is 1. The van der Waals surface area contributed by atoms with Crippen LogP contribution in [0.15, 0.2) is 24.5 Å². The average molecular weight is 367 g/mol. The molecule has 1 saturated carbocycles. The summed E-state index contributed by atoms with van der Waals surface area (Å²) >= 11 is 0. The van der Waals surface area contributed by atoms with Crippen molar-refractivity contribution in [2.24, 2.45) is 0 Å². The molecule has 0 bridgehead atoms. The molecule has 1 atom stereocenters. The topological polar surface area (TPSA) is 88.6 Å². The highest BCUT2D eigenvalue weighted by Crippen LogP contribution is 2.22. The Balaban J connectivity index is 1.53. The van der Waals surface area contributed by atoms with Gasteiger partial charge in [-0.3, -0.25) is 9.78 Å².